The third-order valence-electron chi connectivity index (χ3n) is 2.28. The number of alkyl halides is 1. The summed E-state index contributed by atoms with van der Waals surface area (Å²) in [7, 11) is 0. The Morgan fingerprint density at radius 1 is 0.895 bits per heavy atom. The first-order chi connectivity index (χ1) is 8.91. The van der Waals surface area contributed by atoms with Crippen LogP contribution in [0.1, 0.15) is 23.2 Å². The molecule has 0 aliphatic carbocycles. The molecule has 0 fully saturated rings. The summed E-state index contributed by atoms with van der Waals surface area (Å²) in [5.41, 5.74) is -1.45. The van der Waals surface area contributed by atoms with Gasteiger partial charge in [0.15, 0.2) is 23.3 Å². The fourth-order valence-corrected chi connectivity index (χ4v) is 1.85. The molecule has 0 unspecified atom stereocenters. The fraction of sp³-hybridized carbons (Fsp3) is 0.364. The van der Waals surface area contributed by atoms with Crippen molar-refractivity contribution in [3.8, 4) is 0 Å². The van der Waals surface area contributed by atoms with Gasteiger partial charge in [-0.05, 0) is 17.3 Å². The van der Waals surface area contributed by atoms with Gasteiger partial charge in [0, 0.05) is 6.54 Å². The van der Waals surface area contributed by atoms with Crippen molar-refractivity contribution >= 4 is 28.5 Å². The van der Waals surface area contributed by atoms with Crippen molar-refractivity contribution in [2.45, 2.75) is 12.8 Å². The molecule has 0 saturated heterocycles. The molecule has 0 heterocycles. The first-order valence-corrected chi connectivity index (χ1v) is 6.80. The molecule has 1 aromatic carbocycles. The maximum absolute atomic E-state index is 13.2. The third kappa shape index (κ3) is 3.54. The molecule has 0 radical (unpaired) electrons. The summed E-state index contributed by atoms with van der Waals surface area (Å²) >= 11 is 2.11. The van der Waals surface area contributed by atoms with Crippen LogP contribution in [0.2, 0.25) is 0 Å². The zero-order valence-corrected chi connectivity index (χ0v) is 11.7. The number of hydrogen-bond acceptors (Lipinski definition) is 1. The van der Waals surface area contributed by atoms with Crippen molar-refractivity contribution in [3.05, 3.63) is 34.6 Å². The van der Waals surface area contributed by atoms with Crippen LogP contribution in [0, 0.1) is 29.1 Å². The van der Waals surface area contributed by atoms with Gasteiger partial charge >= 0.3 is 0 Å². The Morgan fingerprint density at radius 3 is 1.84 bits per heavy atom. The van der Waals surface area contributed by atoms with Gasteiger partial charge in [-0.3, -0.25) is 4.79 Å². The second kappa shape index (κ2) is 7.01. The molecule has 0 atom stereocenters. The molecule has 106 valence electrons. The number of hydrogen-bond donors (Lipinski definition) is 1. The van der Waals surface area contributed by atoms with E-state index in [0.29, 0.717) is 6.42 Å². The fourth-order valence-electron chi connectivity index (χ4n) is 1.31. The minimum absolute atomic E-state index is 0.0985. The van der Waals surface area contributed by atoms with Crippen LogP contribution in [0.4, 0.5) is 22.0 Å². The molecule has 0 saturated carbocycles. The highest BCUT2D eigenvalue weighted by molar-refractivity contribution is 14.1. The van der Waals surface area contributed by atoms with Gasteiger partial charge in [0.1, 0.15) is 5.56 Å². The van der Waals surface area contributed by atoms with Gasteiger partial charge in [-0.2, -0.15) is 0 Å². The van der Waals surface area contributed by atoms with Gasteiger partial charge in [-0.25, -0.2) is 22.0 Å². The summed E-state index contributed by atoms with van der Waals surface area (Å²) in [6.07, 6.45) is 1.31. The maximum atomic E-state index is 13.2. The van der Waals surface area contributed by atoms with E-state index in [9.17, 15) is 26.7 Å². The Bertz CT molecular complexity index is 465. The third-order valence-corrected chi connectivity index (χ3v) is 3.05. The summed E-state index contributed by atoms with van der Waals surface area (Å²) < 4.78 is 65.8. The topological polar surface area (TPSA) is 29.1 Å². The normalized spacial score (nSPS) is 10.6. The highest BCUT2D eigenvalue weighted by Crippen LogP contribution is 2.22. The molecule has 1 rings (SSSR count). The van der Waals surface area contributed by atoms with E-state index in [0.717, 1.165) is 10.8 Å². The lowest BCUT2D eigenvalue weighted by molar-refractivity contribution is 0.0941. The summed E-state index contributed by atoms with van der Waals surface area (Å²) in [6.45, 7) is 0.0985. The minimum Gasteiger partial charge on any atom is -0.352 e. The SMILES string of the molecule is O=C(NCCCCI)c1c(F)c(F)c(F)c(F)c1F. The van der Waals surface area contributed by atoms with Gasteiger partial charge in [0.2, 0.25) is 5.82 Å². The Labute approximate surface area is 119 Å². The Morgan fingerprint density at radius 2 is 1.37 bits per heavy atom. The molecule has 0 spiro atoms. The second-order valence-electron chi connectivity index (χ2n) is 3.60. The zero-order valence-electron chi connectivity index (χ0n) is 9.50. The number of halogens is 6. The molecule has 0 aliphatic heterocycles. The molecule has 0 bridgehead atoms. The van der Waals surface area contributed by atoms with E-state index in [1.165, 1.54) is 0 Å². The van der Waals surface area contributed by atoms with E-state index in [1.54, 1.807) is 0 Å². The summed E-state index contributed by atoms with van der Waals surface area (Å²) in [5.74, 6) is -12.1. The van der Waals surface area contributed by atoms with Crippen LogP contribution in [0.15, 0.2) is 0 Å². The van der Waals surface area contributed by atoms with E-state index in [-0.39, 0.29) is 6.54 Å². The molecule has 0 aromatic heterocycles. The van der Waals surface area contributed by atoms with Crippen LogP contribution in [0.3, 0.4) is 0 Å². The van der Waals surface area contributed by atoms with Gasteiger partial charge < -0.3 is 5.32 Å². The van der Waals surface area contributed by atoms with Crippen LogP contribution in [-0.2, 0) is 0 Å². The van der Waals surface area contributed by atoms with Crippen LogP contribution < -0.4 is 5.32 Å². The average Bonchev–Trinajstić information content (AvgIpc) is 2.39. The van der Waals surface area contributed by atoms with Crippen LogP contribution in [0.25, 0.3) is 0 Å². The van der Waals surface area contributed by atoms with Crippen molar-refractivity contribution in [2.75, 3.05) is 11.0 Å². The summed E-state index contributed by atoms with van der Waals surface area (Å²) in [4.78, 5) is 11.4. The van der Waals surface area contributed by atoms with E-state index in [2.05, 4.69) is 27.9 Å². The van der Waals surface area contributed by atoms with E-state index in [1.807, 2.05) is 0 Å². The number of carbonyl (C=O) groups excluding carboxylic acids is 1. The van der Waals surface area contributed by atoms with Crippen LogP contribution >= 0.6 is 22.6 Å². The van der Waals surface area contributed by atoms with E-state index >= 15 is 0 Å². The molecular formula is C11H9F5INO. The van der Waals surface area contributed by atoms with Crippen LogP contribution in [-0.4, -0.2) is 16.9 Å². The number of unbranched alkanes of at least 4 members (excludes halogenated alkanes) is 1. The van der Waals surface area contributed by atoms with Gasteiger partial charge in [-0.15, -0.1) is 0 Å². The van der Waals surface area contributed by atoms with Gasteiger partial charge in [0.05, 0.1) is 0 Å². The molecule has 1 amide bonds. The predicted octanol–water partition coefficient (Wildman–Crippen LogP) is 3.33. The Hall–Kier alpha value is -0.930. The number of rotatable bonds is 5. The molecular weight excluding hydrogens is 384 g/mol. The molecule has 1 aromatic rings. The molecule has 19 heavy (non-hydrogen) atoms. The first kappa shape index (κ1) is 16.1. The lowest BCUT2D eigenvalue weighted by Gasteiger charge is -2.08. The summed E-state index contributed by atoms with van der Waals surface area (Å²) in [5, 5.41) is 2.11. The summed E-state index contributed by atoms with van der Waals surface area (Å²) in [6, 6.07) is 0. The minimum atomic E-state index is -2.28. The monoisotopic (exact) mass is 393 g/mol. The molecule has 8 heteroatoms. The smallest absolute Gasteiger partial charge is 0.257 e. The maximum Gasteiger partial charge on any atom is 0.257 e. The number of benzene rings is 1. The van der Waals surface area contributed by atoms with E-state index < -0.39 is 40.6 Å². The van der Waals surface area contributed by atoms with Crippen molar-refractivity contribution in [2.24, 2.45) is 0 Å². The molecule has 1 N–H and O–H groups in total. The quantitative estimate of drug-likeness (QED) is 0.204. The lowest BCUT2D eigenvalue weighted by Crippen LogP contribution is -2.28. The van der Waals surface area contributed by atoms with Gasteiger partial charge in [0.25, 0.3) is 5.91 Å². The number of amides is 1. The molecule has 2 nitrogen and oxygen atoms in total. The number of carbonyl (C=O) groups is 1. The Balaban J connectivity index is 2.97. The predicted molar refractivity (Wildman–Crippen MR) is 66.7 cm³/mol. The van der Waals surface area contributed by atoms with E-state index in [4.69, 9.17) is 0 Å². The van der Waals surface area contributed by atoms with Crippen LogP contribution in [0.5, 0.6) is 0 Å². The highest BCUT2D eigenvalue weighted by atomic mass is 127. The largest absolute Gasteiger partial charge is 0.352 e. The van der Waals surface area contributed by atoms with Crippen molar-refractivity contribution in [1.82, 2.24) is 5.32 Å². The van der Waals surface area contributed by atoms with Crippen molar-refractivity contribution in [3.63, 3.8) is 0 Å². The van der Waals surface area contributed by atoms with Crippen molar-refractivity contribution < 1.29 is 26.7 Å². The lowest BCUT2D eigenvalue weighted by atomic mass is 10.1. The molecule has 0 aliphatic rings. The first-order valence-electron chi connectivity index (χ1n) is 5.27. The second-order valence-corrected chi connectivity index (χ2v) is 4.68. The Kier molecular flexibility index (Phi) is 5.95. The van der Waals surface area contributed by atoms with Crippen molar-refractivity contribution in [1.29, 1.82) is 0 Å². The number of nitrogens with one attached hydrogen (secondary N) is 1. The zero-order chi connectivity index (χ0) is 14.6. The average molecular weight is 393 g/mol. The highest BCUT2D eigenvalue weighted by Gasteiger charge is 2.29. The standard InChI is InChI=1S/C11H9F5INO/c12-6-5(11(19)18-4-2-1-3-17)7(13)9(15)10(16)8(6)14/h1-4H2,(H,18,19). The van der Waals surface area contributed by atoms with Gasteiger partial charge in [-0.1, -0.05) is 22.6 Å².